The fourth-order valence-electron chi connectivity index (χ4n) is 2.51. The van der Waals surface area contributed by atoms with E-state index >= 15 is 0 Å². The van der Waals surface area contributed by atoms with Crippen LogP contribution in [0.15, 0.2) is 58.5 Å². The fourth-order valence-corrected chi connectivity index (χ4v) is 3.60. The quantitative estimate of drug-likeness (QED) is 0.526. The van der Waals surface area contributed by atoms with E-state index in [4.69, 9.17) is 11.6 Å². The third kappa shape index (κ3) is 3.92. The SMILES string of the molecule is CCn1c(S[C@@H](C)C(=O)Nc2ccc(Cl)cc2)nc2ccccc2c1=O. The Bertz CT molecular complexity index is 1000. The van der Waals surface area contributed by atoms with E-state index in [-0.39, 0.29) is 11.5 Å². The van der Waals surface area contributed by atoms with E-state index in [1.54, 1.807) is 47.9 Å². The van der Waals surface area contributed by atoms with Crippen LogP contribution in [0.3, 0.4) is 0 Å². The second-order valence-electron chi connectivity index (χ2n) is 5.72. The smallest absolute Gasteiger partial charge is 0.262 e. The molecule has 1 N–H and O–H groups in total. The number of amides is 1. The third-order valence-corrected chi connectivity index (χ3v) is 5.25. The molecule has 1 atom stereocenters. The van der Waals surface area contributed by atoms with E-state index in [1.165, 1.54) is 11.8 Å². The summed E-state index contributed by atoms with van der Waals surface area (Å²) >= 11 is 7.12. The van der Waals surface area contributed by atoms with Gasteiger partial charge in [-0.05, 0) is 50.2 Å². The number of thioether (sulfide) groups is 1. The maximum Gasteiger partial charge on any atom is 0.262 e. The minimum Gasteiger partial charge on any atom is -0.325 e. The number of rotatable bonds is 5. The van der Waals surface area contributed by atoms with Crippen molar-refractivity contribution in [1.82, 2.24) is 9.55 Å². The van der Waals surface area contributed by atoms with Gasteiger partial charge in [-0.25, -0.2) is 4.98 Å². The molecule has 0 aliphatic rings. The summed E-state index contributed by atoms with van der Waals surface area (Å²) in [4.78, 5) is 29.7. The number of aromatic nitrogens is 2. The molecular weight excluding hydrogens is 370 g/mol. The molecule has 0 saturated heterocycles. The highest BCUT2D eigenvalue weighted by Gasteiger charge is 2.19. The zero-order valence-electron chi connectivity index (χ0n) is 14.4. The molecule has 26 heavy (non-hydrogen) atoms. The molecule has 2 aromatic carbocycles. The summed E-state index contributed by atoms with van der Waals surface area (Å²) in [5.41, 5.74) is 1.21. The average molecular weight is 388 g/mol. The number of fused-ring (bicyclic) bond motifs is 1. The predicted molar refractivity (Wildman–Crippen MR) is 107 cm³/mol. The van der Waals surface area contributed by atoms with Crippen molar-refractivity contribution in [3.63, 3.8) is 0 Å². The zero-order valence-corrected chi connectivity index (χ0v) is 16.0. The first-order valence-electron chi connectivity index (χ1n) is 8.22. The second kappa shape index (κ2) is 7.93. The van der Waals surface area contributed by atoms with Crippen LogP contribution in [0.25, 0.3) is 10.9 Å². The maximum absolute atomic E-state index is 12.7. The summed E-state index contributed by atoms with van der Waals surface area (Å²) in [6, 6.07) is 14.2. The number of benzene rings is 2. The Labute approximate surface area is 160 Å². The lowest BCUT2D eigenvalue weighted by Gasteiger charge is -2.15. The Morgan fingerprint density at radius 1 is 1.23 bits per heavy atom. The van der Waals surface area contributed by atoms with Gasteiger partial charge in [0.25, 0.3) is 5.56 Å². The van der Waals surface area contributed by atoms with E-state index in [0.717, 1.165) is 0 Å². The van der Waals surface area contributed by atoms with Crippen LogP contribution in [0.1, 0.15) is 13.8 Å². The molecule has 0 radical (unpaired) electrons. The molecular formula is C19H18ClN3O2S. The molecule has 0 saturated carbocycles. The summed E-state index contributed by atoms with van der Waals surface area (Å²) in [6.45, 7) is 4.17. The molecule has 0 fully saturated rings. The fraction of sp³-hybridized carbons (Fsp3) is 0.211. The van der Waals surface area contributed by atoms with Crippen molar-refractivity contribution in [2.24, 2.45) is 0 Å². The van der Waals surface area contributed by atoms with Gasteiger partial charge in [-0.1, -0.05) is 35.5 Å². The highest BCUT2D eigenvalue weighted by atomic mass is 35.5. The Hall–Kier alpha value is -2.31. The largest absolute Gasteiger partial charge is 0.325 e. The number of para-hydroxylation sites is 1. The lowest BCUT2D eigenvalue weighted by atomic mass is 10.2. The van der Waals surface area contributed by atoms with Crippen LogP contribution in [-0.2, 0) is 11.3 Å². The number of nitrogens with one attached hydrogen (secondary N) is 1. The molecule has 0 bridgehead atoms. The molecule has 134 valence electrons. The highest BCUT2D eigenvalue weighted by Crippen LogP contribution is 2.24. The molecule has 3 aromatic rings. The number of carbonyl (C=O) groups is 1. The summed E-state index contributed by atoms with van der Waals surface area (Å²) in [7, 11) is 0. The molecule has 3 rings (SSSR count). The van der Waals surface area contributed by atoms with Crippen LogP contribution in [-0.4, -0.2) is 20.7 Å². The van der Waals surface area contributed by atoms with Crippen molar-refractivity contribution < 1.29 is 4.79 Å². The van der Waals surface area contributed by atoms with Gasteiger partial charge in [0.15, 0.2) is 5.16 Å². The van der Waals surface area contributed by atoms with E-state index < -0.39 is 5.25 Å². The van der Waals surface area contributed by atoms with Gasteiger partial charge in [-0.15, -0.1) is 0 Å². The lowest BCUT2D eigenvalue weighted by molar-refractivity contribution is -0.115. The average Bonchev–Trinajstić information content (AvgIpc) is 2.64. The van der Waals surface area contributed by atoms with Gasteiger partial charge in [-0.3, -0.25) is 14.2 Å². The summed E-state index contributed by atoms with van der Waals surface area (Å²) in [5, 5.41) is 4.15. The van der Waals surface area contributed by atoms with Gasteiger partial charge < -0.3 is 5.32 Å². The number of hydrogen-bond acceptors (Lipinski definition) is 4. The first-order chi connectivity index (χ1) is 12.5. The highest BCUT2D eigenvalue weighted by molar-refractivity contribution is 8.00. The van der Waals surface area contributed by atoms with Gasteiger partial charge in [0.1, 0.15) is 0 Å². The molecule has 0 aliphatic carbocycles. The van der Waals surface area contributed by atoms with Crippen molar-refractivity contribution in [3.05, 3.63) is 63.9 Å². The standard InChI is InChI=1S/C19H18ClN3O2S/c1-3-23-18(25)15-6-4-5-7-16(15)22-19(23)26-12(2)17(24)21-14-10-8-13(20)9-11-14/h4-12H,3H2,1-2H3,(H,21,24)/t12-/m0/s1. The maximum atomic E-state index is 12.7. The van der Waals surface area contributed by atoms with E-state index in [1.807, 2.05) is 19.1 Å². The first kappa shape index (κ1) is 18.5. The minimum absolute atomic E-state index is 0.0918. The van der Waals surface area contributed by atoms with Crippen molar-refractivity contribution in [2.45, 2.75) is 30.8 Å². The number of anilines is 1. The molecule has 0 spiro atoms. The van der Waals surface area contributed by atoms with Gasteiger partial charge >= 0.3 is 0 Å². The summed E-state index contributed by atoms with van der Waals surface area (Å²) in [6.07, 6.45) is 0. The van der Waals surface area contributed by atoms with Crippen LogP contribution in [0.4, 0.5) is 5.69 Å². The van der Waals surface area contributed by atoms with Crippen LogP contribution >= 0.6 is 23.4 Å². The van der Waals surface area contributed by atoms with E-state index in [9.17, 15) is 9.59 Å². The Kier molecular flexibility index (Phi) is 5.64. The minimum atomic E-state index is -0.420. The molecule has 1 aromatic heterocycles. The monoisotopic (exact) mass is 387 g/mol. The van der Waals surface area contributed by atoms with Gasteiger partial charge in [0.05, 0.1) is 16.2 Å². The molecule has 5 nitrogen and oxygen atoms in total. The van der Waals surface area contributed by atoms with Gasteiger partial charge in [0, 0.05) is 17.3 Å². The van der Waals surface area contributed by atoms with Crippen molar-refractivity contribution in [1.29, 1.82) is 0 Å². The third-order valence-electron chi connectivity index (χ3n) is 3.91. The summed E-state index contributed by atoms with van der Waals surface area (Å²) < 4.78 is 1.60. The van der Waals surface area contributed by atoms with E-state index in [2.05, 4.69) is 10.3 Å². The lowest BCUT2D eigenvalue weighted by Crippen LogP contribution is -2.26. The number of carbonyl (C=O) groups excluding carboxylic acids is 1. The molecule has 7 heteroatoms. The van der Waals surface area contributed by atoms with E-state index in [0.29, 0.717) is 33.3 Å². The Morgan fingerprint density at radius 2 is 1.92 bits per heavy atom. The molecule has 1 heterocycles. The topological polar surface area (TPSA) is 64.0 Å². The van der Waals surface area contributed by atoms with Crippen LogP contribution in [0.5, 0.6) is 0 Å². The van der Waals surface area contributed by atoms with Crippen molar-refractivity contribution >= 4 is 45.9 Å². The molecule has 0 aliphatic heterocycles. The van der Waals surface area contributed by atoms with Crippen molar-refractivity contribution in [3.8, 4) is 0 Å². The Morgan fingerprint density at radius 3 is 2.62 bits per heavy atom. The zero-order chi connectivity index (χ0) is 18.7. The number of nitrogens with zero attached hydrogens (tertiary/aromatic N) is 2. The molecule has 0 unspecified atom stereocenters. The van der Waals surface area contributed by atoms with Gasteiger partial charge in [-0.2, -0.15) is 0 Å². The normalized spacial score (nSPS) is 12.1. The first-order valence-corrected chi connectivity index (χ1v) is 9.48. The number of halogens is 1. The van der Waals surface area contributed by atoms with Crippen LogP contribution in [0.2, 0.25) is 5.02 Å². The summed E-state index contributed by atoms with van der Waals surface area (Å²) in [5.74, 6) is -0.164. The molecule has 1 amide bonds. The van der Waals surface area contributed by atoms with Crippen molar-refractivity contribution in [2.75, 3.05) is 5.32 Å². The second-order valence-corrected chi connectivity index (χ2v) is 7.46. The Balaban J connectivity index is 1.84. The number of hydrogen-bond donors (Lipinski definition) is 1. The van der Waals surface area contributed by atoms with Gasteiger partial charge in [0.2, 0.25) is 5.91 Å². The predicted octanol–water partition coefficient (Wildman–Crippen LogP) is 4.19. The van der Waals surface area contributed by atoms with Crippen LogP contribution < -0.4 is 10.9 Å². The van der Waals surface area contributed by atoms with Crippen LogP contribution in [0, 0.1) is 0 Å².